The van der Waals surface area contributed by atoms with Crippen molar-refractivity contribution in [2.75, 3.05) is 6.54 Å². The lowest BCUT2D eigenvalue weighted by atomic mass is 9.43. The molecule has 1 N–H and O–H groups in total. The number of hydrogen-bond acceptors (Lipinski definition) is 1. The Bertz CT molecular complexity index is 302. The molecular weight excluding hydrogens is 218 g/mol. The molecule has 102 valence electrons. The summed E-state index contributed by atoms with van der Waals surface area (Å²) >= 11 is 0. The lowest BCUT2D eigenvalue weighted by Gasteiger charge is -2.64. The van der Waals surface area contributed by atoms with E-state index in [1.165, 1.54) is 19.4 Å². The lowest BCUT2D eigenvalue weighted by molar-refractivity contribution is -0.117. The molecule has 4 saturated carbocycles. The zero-order valence-corrected chi connectivity index (χ0v) is 12.2. The Morgan fingerprint density at radius 2 is 1.50 bits per heavy atom. The monoisotopic (exact) mass is 247 g/mol. The Balaban J connectivity index is 1.73. The van der Waals surface area contributed by atoms with E-state index in [0.717, 1.165) is 23.7 Å². The molecule has 1 saturated heterocycles. The van der Waals surface area contributed by atoms with Crippen LogP contribution in [0.15, 0.2) is 0 Å². The minimum Gasteiger partial charge on any atom is -0.310 e. The second-order valence-electron chi connectivity index (χ2n) is 8.35. The summed E-state index contributed by atoms with van der Waals surface area (Å²) in [5, 5.41) is 4.03. The molecule has 1 heteroatoms. The molecule has 0 radical (unpaired) electrons. The molecule has 1 nitrogen and oxygen atoms in total. The molecule has 1 aliphatic heterocycles. The van der Waals surface area contributed by atoms with Crippen LogP contribution in [0, 0.1) is 29.1 Å². The van der Waals surface area contributed by atoms with Crippen molar-refractivity contribution in [3.05, 3.63) is 0 Å². The molecule has 5 rings (SSSR count). The van der Waals surface area contributed by atoms with E-state index >= 15 is 0 Å². The molecule has 1 unspecified atom stereocenters. The van der Waals surface area contributed by atoms with Gasteiger partial charge in [-0.05, 0) is 87.0 Å². The van der Waals surface area contributed by atoms with Crippen molar-refractivity contribution in [1.82, 2.24) is 5.32 Å². The van der Waals surface area contributed by atoms with E-state index in [1.54, 1.807) is 38.5 Å². The van der Waals surface area contributed by atoms with Gasteiger partial charge in [-0.25, -0.2) is 0 Å². The third-order valence-electron chi connectivity index (χ3n) is 7.16. The first-order chi connectivity index (χ1) is 8.64. The van der Waals surface area contributed by atoms with Crippen molar-refractivity contribution in [2.24, 2.45) is 29.1 Å². The maximum Gasteiger partial charge on any atom is 0.0261 e. The maximum atomic E-state index is 4.03. The second-order valence-corrected chi connectivity index (χ2v) is 8.35. The van der Waals surface area contributed by atoms with Gasteiger partial charge in [0, 0.05) is 5.54 Å². The van der Waals surface area contributed by atoms with Crippen LogP contribution in [0.3, 0.4) is 0 Å². The van der Waals surface area contributed by atoms with Crippen LogP contribution in [0.25, 0.3) is 0 Å². The topological polar surface area (TPSA) is 12.0 Å². The van der Waals surface area contributed by atoms with Crippen LogP contribution in [0.5, 0.6) is 0 Å². The molecule has 0 aromatic carbocycles. The predicted molar refractivity (Wildman–Crippen MR) is 75.4 cm³/mol. The van der Waals surface area contributed by atoms with Gasteiger partial charge in [0.25, 0.3) is 0 Å². The Morgan fingerprint density at radius 3 is 1.89 bits per heavy atom. The van der Waals surface area contributed by atoms with E-state index < -0.39 is 0 Å². The fraction of sp³-hybridized carbons (Fsp3) is 1.00. The summed E-state index contributed by atoms with van der Waals surface area (Å²) in [5.74, 6) is 4.09. The molecular formula is C17H29N. The lowest BCUT2D eigenvalue weighted by Crippen LogP contribution is -2.64. The second kappa shape index (κ2) is 3.75. The van der Waals surface area contributed by atoms with Crippen LogP contribution in [0.4, 0.5) is 0 Å². The van der Waals surface area contributed by atoms with Gasteiger partial charge in [-0.2, -0.15) is 0 Å². The highest BCUT2D eigenvalue weighted by molar-refractivity contribution is 5.15. The van der Waals surface area contributed by atoms with E-state index in [2.05, 4.69) is 19.2 Å². The van der Waals surface area contributed by atoms with E-state index in [1.807, 2.05) is 0 Å². The minimum absolute atomic E-state index is 0.503. The molecule has 1 atom stereocenters. The van der Waals surface area contributed by atoms with Gasteiger partial charge < -0.3 is 5.32 Å². The van der Waals surface area contributed by atoms with Gasteiger partial charge >= 0.3 is 0 Å². The zero-order valence-electron chi connectivity index (χ0n) is 12.2. The molecule has 0 aromatic heterocycles. The molecule has 4 bridgehead atoms. The van der Waals surface area contributed by atoms with Crippen LogP contribution >= 0.6 is 0 Å². The normalized spacial score (nSPS) is 54.5. The fourth-order valence-electron chi connectivity index (χ4n) is 6.98. The van der Waals surface area contributed by atoms with Gasteiger partial charge in [0.15, 0.2) is 0 Å². The Labute approximate surface area is 112 Å². The van der Waals surface area contributed by atoms with Crippen molar-refractivity contribution in [1.29, 1.82) is 0 Å². The largest absolute Gasteiger partial charge is 0.310 e. The minimum atomic E-state index is 0.503. The van der Waals surface area contributed by atoms with Gasteiger partial charge in [0.2, 0.25) is 0 Å². The highest BCUT2D eigenvalue weighted by atomic mass is 15.0. The first kappa shape index (κ1) is 11.8. The average Bonchev–Trinajstić information content (AvgIpc) is 2.77. The smallest absolute Gasteiger partial charge is 0.0261 e. The summed E-state index contributed by atoms with van der Waals surface area (Å²) < 4.78 is 0. The van der Waals surface area contributed by atoms with E-state index in [9.17, 15) is 0 Å². The van der Waals surface area contributed by atoms with Gasteiger partial charge in [0.05, 0.1) is 0 Å². The van der Waals surface area contributed by atoms with E-state index in [-0.39, 0.29) is 0 Å². The molecule has 18 heavy (non-hydrogen) atoms. The van der Waals surface area contributed by atoms with E-state index in [0.29, 0.717) is 11.0 Å². The first-order valence-electron chi connectivity index (χ1n) is 8.39. The summed E-state index contributed by atoms with van der Waals surface area (Å²) in [7, 11) is 0. The van der Waals surface area contributed by atoms with Crippen molar-refractivity contribution in [3.8, 4) is 0 Å². The van der Waals surface area contributed by atoms with Crippen LogP contribution < -0.4 is 5.32 Å². The number of hydrogen-bond donors (Lipinski definition) is 1. The summed E-state index contributed by atoms with van der Waals surface area (Å²) in [6.07, 6.45) is 12.3. The molecule has 1 heterocycles. The summed E-state index contributed by atoms with van der Waals surface area (Å²) in [4.78, 5) is 0. The van der Waals surface area contributed by atoms with Gasteiger partial charge in [-0.15, -0.1) is 0 Å². The third kappa shape index (κ3) is 1.38. The van der Waals surface area contributed by atoms with Crippen LogP contribution in [0.1, 0.15) is 65.2 Å². The molecule has 5 aliphatic rings. The fourth-order valence-corrected chi connectivity index (χ4v) is 6.98. The molecule has 0 aromatic rings. The Hall–Kier alpha value is -0.0400. The summed E-state index contributed by atoms with van der Waals surface area (Å²) in [5.41, 5.74) is 1.19. The molecule has 4 aliphatic carbocycles. The van der Waals surface area contributed by atoms with E-state index in [4.69, 9.17) is 0 Å². The average molecular weight is 247 g/mol. The van der Waals surface area contributed by atoms with Crippen LogP contribution in [0.2, 0.25) is 0 Å². The van der Waals surface area contributed by atoms with Crippen molar-refractivity contribution >= 4 is 0 Å². The summed E-state index contributed by atoms with van der Waals surface area (Å²) in [6, 6.07) is 0. The van der Waals surface area contributed by atoms with Crippen LogP contribution in [-0.4, -0.2) is 12.1 Å². The van der Waals surface area contributed by atoms with Gasteiger partial charge in [-0.3, -0.25) is 0 Å². The highest BCUT2D eigenvalue weighted by Gasteiger charge is 2.61. The van der Waals surface area contributed by atoms with Crippen molar-refractivity contribution in [3.63, 3.8) is 0 Å². The summed E-state index contributed by atoms with van der Waals surface area (Å²) in [6.45, 7) is 6.24. The third-order valence-corrected chi connectivity index (χ3v) is 7.16. The molecule has 0 amide bonds. The van der Waals surface area contributed by atoms with Gasteiger partial charge in [-0.1, -0.05) is 13.8 Å². The predicted octanol–water partition coefficient (Wildman–Crippen LogP) is 3.98. The van der Waals surface area contributed by atoms with Crippen LogP contribution in [-0.2, 0) is 0 Å². The van der Waals surface area contributed by atoms with Crippen molar-refractivity contribution < 1.29 is 0 Å². The molecule has 5 fully saturated rings. The zero-order chi connectivity index (χ0) is 12.4. The quantitative estimate of drug-likeness (QED) is 0.778. The Kier molecular flexibility index (Phi) is 2.45. The number of rotatable bonds is 2. The first-order valence-corrected chi connectivity index (χ1v) is 8.39. The Morgan fingerprint density at radius 1 is 0.944 bits per heavy atom. The maximum absolute atomic E-state index is 4.03. The SMILES string of the molecule is CC(C)C1(C23CC4CC(CC(C4)C2)C3)CCCN1. The van der Waals surface area contributed by atoms with Gasteiger partial charge in [0.1, 0.15) is 0 Å². The highest BCUT2D eigenvalue weighted by Crippen LogP contribution is 2.66. The van der Waals surface area contributed by atoms with Crippen molar-refractivity contribution in [2.45, 2.75) is 70.8 Å². The standard InChI is InChI=1S/C17H29N/c1-12(2)17(4-3-5-18-17)16-9-13-6-14(10-16)8-15(7-13)11-16/h12-15,18H,3-11H2,1-2H3. The number of nitrogens with one attached hydrogen (secondary N) is 1. The molecule has 0 spiro atoms.